The highest BCUT2D eigenvalue weighted by Gasteiger charge is 2.29. The molecule has 0 atom stereocenters. The summed E-state index contributed by atoms with van der Waals surface area (Å²) in [6.07, 6.45) is 1.60. The van der Waals surface area contributed by atoms with Gasteiger partial charge in [-0.2, -0.15) is 8.42 Å². The Balaban J connectivity index is 1.89. The van der Waals surface area contributed by atoms with E-state index in [9.17, 15) is 16.8 Å². The van der Waals surface area contributed by atoms with Crippen LogP contribution in [0.3, 0.4) is 0 Å². The van der Waals surface area contributed by atoms with Crippen LogP contribution < -0.4 is 8.91 Å². The number of rotatable bonds is 6. The van der Waals surface area contributed by atoms with E-state index in [2.05, 4.69) is 4.72 Å². The average molecular weight is 381 g/mol. The first-order valence-corrected chi connectivity index (χ1v) is 10.7. The Bertz CT molecular complexity index is 1010. The fraction of sp³-hybridized carbons (Fsp3) is 0.294. The molecule has 1 N–H and O–H groups in total. The van der Waals surface area contributed by atoms with Crippen LogP contribution in [0, 0.1) is 13.8 Å². The Morgan fingerprint density at radius 1 is 0.920 bits per heavy atom. The summed E-state index contributed by atoms with van der Waals surface area (Å²) in [6.45, 7) is 3.76. The number of hydrogen-bond acceptors (Lipinski definition) is 5. The molecule has 8 heteroatoms. The van der Waals surface area contributed by atoms with Crippen LogP contribution in [-0.2, 0) is 20.1 Å². The van der Waals surface area contributed by atoms with Gasteiger partial charge in [0, 0.05) is 6.04 Å². The van der Waals surface area contributed by atoms with E-state index in [0.717, 1.165) is 30.0 Å². The molecule has 2 aromatic rings. The van der Waals surface area contributed by atoms with Crippen molar-refractivity contribution in [3.05, 3.63) is 53.6 Å². The monoisotopic (exact) mass is 381 g/mol. The van der Waals surface area contributed by atoms with Gasteiger partial charge in [0.1, 0.15) is 10.6 Å². The highest BCUT2D eigenvalue weighted by atomic mass is 32.2. The normalized spacial score (nSPS) is 15.1. The molecule has 1 saturated carbocycles. The molecule has 3 rings (SSSR count). The maximum absolute atomic E-state index is 12.5. The van der Waals surface area contributed by atoms with Crippen LogP contribution in [-0.4, -0.2) is 22.9 Å². The van der Waals surface area contributed by atoms with Crippen molar-refractivity contribution in [1.29, 1.82) is 0 Å². The summed E-state index contributed by atoms with van der Waals surface area (Å²) >= 11 is 0. The zero-order valence-electron chi connectivity index (χ0n) is 13.9. The van der Waals surface area contributed by atoms with Crippen molar-refractivity contribution in [2.75, 3.05) is 0 Å². The summed E-state index contributed by atoms with van der Waals surface area (Å²) in [5.74, 6) is 0.187. The van der Waals surface area contributed by atoms with Crippen molar-refractivity contribution in [3.63, 3.8) is 0 Å². The van der Waals surface area contributed by atoms with Gasteiger partial charge in [-0.1, -0.05) is 12.1 Å². The second kappa shape index (κ2) is 6.44. The molecule has 25 heavy (non-hydrogen) atoms. The lowest BCUT2D eigenvalue weighted by Crippen LogP contribution is -2.26. The van der Waals surface area contributed by atoms with Crippen LogP contribution in [0.2, 0.25) is 0 Å². The highest BCUT2D eigenvalue weighted by molar-refractivity contribution is 7.89. The Morgan fingerprint density at radius 3 is 2.24 bits per heavy atom. The largest absolute Gasteiger partial charge is 0.379 e. The molecule has 6 nitrogen and oxygen atoms in total. The van der Waals surface area contributed by atoms with E-state index in [0.29, 0.717) is 0 Å². The fourth-order valence-electron chi connectivity index (χ4n) is 2.23. The first-order chi connectivity index (χ1) is 11.7. The second-order valence-corrected chi connectivity index (χ2v) is 9.41. The van der Waals surface area contributed by atoms with Gasteiger partial charge in [-0.05, 0) is 68.1 Å². The number of sulfonamides is 1. The molecule has 1 fully saturated rings. The quantitative estimate of drug-likeness (QED) is 0.777. The third-order valence-electron chi connectivity index (χ3n) is 3.99. The maximum Gasteiger partial charge on any atom is 0.339 e. The first-order valence-electron chi connectivity index (χ1n) is 7.81. The topological polar surface area (TPSA) is 89.5 Å². The van der Waals surface area contributed by atoms with Crippen LogP contribution >= 0.6 is 0 Å². The molecule has 2 aromatic carbocycles. The van der Waals surface area contributed by atoms with Crippen molar-refractivity contribution in [2.24, 2.45) is 0 Å². The molecule has 0 bridgehead atoms. The van der Waals surface area contributed by atoms with Gasteiger partial charge in [-0.3, -0.25) is 0 Å². The zero-order chi connectivity index (χ0) is 18.2. The fourth-order valence-corrected chi connectivity index (χ4v) is 4.62. The van der Waals surface area contributed by atoms with Gasteiger partial charge in [-0.25, -0.2) is 13.1 Å². The van der Waals surface area contributed by atoms with Crippen molar-refractivity contribution in [3.8, 4) is 5.75 Å². The zero-order valence-corrected chi connectivity index (χ0v) is 15.5. The molecule has 0 heterocycles. The summed E-state index contributed by atoms with van der Waals surface area (Å²) in [6, 6.07) is 10.1. The van der Waals surface area contributed by atoms with Crippen molar-refractivity contribution in [1.82, 2.24) is 4.72 Å². The van der Waals surface area contributed by atoms with Crippen molar-refractivity contribution >= 4 is 20.1 Å². The minimum atomic E-state index is -4.13. The van der Waals surface area contributed by atoms with E-state index in [-0.39, 0.29) is 21.6 Å². The van der Waals surface area contributed by atoms with E-state index in [1.807, 2.05) is 13.8 Å². The Hall–Kier alpha value is -1.90. The molecule has 0 radical (unpaired) electrons. The SMILES string of the molecule is Cc1ccc(OS(=O)(=O)c2cccc(S(=O)(=O)NC3CC3)c2)cc1C. The third-order valence-corrected chi connectivity index (χ3v) is 6.75. The summed E-state index contributed by atoms with van der Waals surface area (Å²) < 4.78 is 57.1. The molecule has 0 spiro atoms. The summed E-state index contributed by atoms with van der Waals surface area (Å²) in [4.78, 5) is -0.298. The smallest absolute Gasteiger partial charge is 0.339 e. The standard InChI is InChI=1S/C17H19NO5S2/c1-12-6-9-15(10-13(12)2)23-25(21,22)17-5-3-4-16(11-17)24(19,20)18-14-7-8-14/h3-6,9-11,14,18H,7-8H2,1-2H3. The molecule has 1 aliphatic rings. The van der Waals surface area contributed by atoms with Crippen LogP contribution in [0.1, 0.15) is 24.0 Å². The predicted molar refractivity (Wildman–Crippen MR) is 93.5 cm³/mol. The summed E-state index contributed by atoms with van der Waals surface area (Å²) in [7, 11) is -7.87. The second-order valence-electron chi connectivity index (χ2n) is 6.15. The highest BCUT2D eigenvalue weighted by Crippen LogP contribution is 2.25. The van der Waals surface area contributed by atoms with Gasteiger partial charge in [0.25, 0.3) is 0 Å². The third kappa shape index (κ3) is 4.20. The van der Waals surface area contributed by atoms with E-state index in [1.54, 1.807) is 18.2 Å². The van der Waals surface area contributed by atoms with E-state index in [4.69, 9.17) is 4.18 Å². The van der Waals surface area contributed by atoms with Crippen LogP contribution in [0.15, 0.2) is 52.3 Å². The minimum Gasteiger partial charge on any atom is -0.379 e. The molecule has 0 amide bonds. The number of nitrogens with one attached hydrogen (secondary N) is 1. The lowest BCUT2D eigenvalue weighted by atomic mass is 10.1. The first kappa shape index (κ1) is 17.9. The van der Waals surface area contributed by atoms with Crippen molar-refractivity contribution in [2.45, 2.75) is 42.5 Å². The number of aryl methyl sites for hydroxylation is 2. The lowest BCUT2D eigenvalue weighted by Gasteiger charge is -2.10. The molecular weight excluding hydrogens is 362 g/mol. The Labute approximate surface area is 148 Å². The molecular formula is C17H19NO5S2. The van der Waals surface area contributed by atoms with E-state index in [1.165, 1.54) is 18.2 Å². The number of hydrogen-bond donors (Lipinski definition) is 1. The number of benzene rings is 2. The van der Waals surface area contributed by atoms with Gasteiger partial charge >= 0.3 is 10.1 Å². The van der Waals surface area contributed by atoms with E-state index < -0.39 is 20.1 Å². The molecule has 134 valence electrons. The van der Waals surface area contributed by atoms with Gasteiger partial charge in [0.15, 0.2) is 0 Å². The van der Waals surface area contributed by atoms with Crippen LogP contribution in [0.25, 0.3) is 0 Å². The Kier molecular flexibility index (Phi) is 4.61. The molecule has 1 aliphatic carbocycles. The molecule has 0 aromatic heterocycles. The van der Waals surface area contributed by atoms with Gasteiger partial charge < -0.3 is 4.18 Å². The average Bonchev–Trinajstić information content (AvgIpc) is 3.34. The maximum atomic E-state index is 12.5. The van der Waals surface area contributed by atoms with Crippen molar-refractivity contribution < 1.29 is 21.0 Å². The summed E-state index contributed by atoms with van der Waals surface area (Å²) in [5, 5.41) is 0. The van der Waals surface area contributed by atoms with Gasteiger partial charge in [0.2, 0.25) is 10.0 Å². The molecule has 0 saturated heterocycles. The van der Waals surface area contributed by atoms with E-state index >= 15 is 0 Å². The lowest BCUT2D eigenvalue weighted by molar-refractivity contribution is 0.485. The minimum absolute atomic E-state index is 0.0583. The molecule has 0 aliphatic heterocycles. The van der Waals surface area contributed by atoms with Gasteiger partial charge in [-0.15, -0.1) is 0 Å². The van der Waals surface area contributed by atoms with Crippen LogP contribution in [0.5, 0.6) is 5.75 Å². The van der Waals surface area contributed by atoms with Crippen LogP contribution in [0.4, 0.5) is 0 Å². The Morgan fingerprint density at radius 2 is 1.60 bits per heavy atom. The summed E-state index contributed by atoms with van der Waals surface area (Å²) in [5.41, 5.74) is 1.92. The van der Waals surface area contributed by atoms with Gasteiger partial charge in [0.05, 0.1) is 4.90 Å². The predicted octanol–water partition coefficient (Wildman–Crippen LogP) is 2.51. The molecule has 0 unspecified atom stereocenters.